The molecule has 2 aliphatic rings. The second-order valence-electron chi connectivity index (χ2n) is 7.83. The minimum Gasteiger partial charge on any atom is -0.299 e. The van der Waals surface area contributed by atoms with Crippen LogP contribution in [0.25, 0.3) is 0 Å². The smallest absolute Gasteiger partial charge is 0.163 e. The zero-order chi connectivity index (χ0) is 22.9. The molecule has 2 rings (SSSR count). The van der Waals surface area contributed by atoms with Gasteiger partial charge in [-0.2, -0.15) is 12.6 Å². The molecule has 1 fully saturated rings. The minimum absolute atomic E-state index is 0.0284. The van der Waals surface area contributed by atoms with Gasteiger partial charge in [0.15, 0.2) is 17.3 Å². The normalized spacial score (nSPS) is 19.8. The maximum absolute atomic E-state index is 11.5. The molecule has 0 bridgehead atoms. The van der Waals surface area contributed by atoms with Crippen molar-refractivity contribution in [1.29, 1.82) is 0 Å². The van der Waals surface area contributed by atoms with Gasteiger partial charge in [0, 0.05) is 16.9 Å². The molecular weight excluding hydrogens is 416 g/mol. The average molecular weight is 457 g/mol. The summed E-state index contributed by atoms with van der Waals surface area (Å²) < 4.78 is 0. The Kier molecular flexibility index (Phi) is 17.2. The van der Waals surface area contributed by atoms with E-state index in [1.165, 1.54) is 57.1 Å². The van der Waals surface area contributed by atoms with E-state index in [1.807, 2.05) is 0 Å². The fourth-order valence-electron chi connectivity index (χ4n) is 2.98. The van der Waals surface area contributed by atoms with Crippen LogP contribution in [0.1, 0.15) is 98.3 Å². The molecule has 2 aliphatic carbocycles. The van der Waals surface area contributed by atoms with E-state index in [0.29, 0.717) is 16.9 Å². The van der Waals surface area contributed by atoms with Crippen LogP contribution in [0.2, 0.25) is 0 Å². The van der Waals surface area contributed by atoms with Gasteiger partial charge in [0.2, 0.25) is 0 Å². The first-order valence-electron chi connectivity index (χ1n) is 11.4. The topological polar surface area (TPSA) is 68.3 Å². The van der Waals surface area contributed by atoms with Crippen LogP contribution in [0.4, 0.5) is 0 Å². The van der Waals surface area contributed by atoms with E-state index in [-0.39, 0.29) is 41.2 Å². The number of carbonyl (C=O) groups is 4. The van der Waals surface area contributed by atoms with Gasteiger partial charge in [-0.1, -0.05) is 53.4 Å². The standard InChI is InChI=1S/C12H20O2S.C7H16S.C5H4O2/c1-3-5-6-10(4-2)15-12-8-9(13)7-11(12)14;1-3-5-6-7(8)4-2;6-4-1-2-5(7)3-4/h10,12H,3-8H2,1-2H3;7-8H,3-6H2,1-2H3;1-2H,3H2. The Labute approximate surface area is 192 Å². The summed E-state index contributed by atoms with van der Waals surface area (Å²) in [6, 6.07) is 0. The Morgan fingerprint density at radius 1 is 0.900 bits per heavy atom. The van der Waals surface area contributed by atoms with Crippen LogP contribution in [0.15, 0.2) is 12.2 Å². The van der Waals surface area contributed by atoms with Crippen molar-refractivity contribution in [2.75, 3.05) is 0 Å². The molecule has 0 aliphatic heterocycles. The summed E-state index contributed by atoms with van der Waals surface area (Å²) >= 11 is 6.10. The number of ketones is 4. The molecule has 0 saturated heterocycles. The maximum atomic E-state index is 11.5. The summed E-state index contributed by atoms with van der Waals surface area (Å²) in [6.07, 6.45) is 13.2. The number of hydrogen-bond acceptors (Lipinski definition) is 6. The Hall–Kier alpha value is -0.880. The van der Waals surface area contributed by atoms with Crippen LogP contribution in [0.5, 0.6) is 0 Å². The van der Waals surface area contributed by atoms with E-state index in [1.54, 1.807) is 11.8 Å². The monoisotopic (exact) mass is 456 g/mol. The molecule has 0 aromatic carbocycles. The van der Waals surface area contributed by atoms with Crippen LogP contribution in [-0.4, -0.2) is 38.9 Å². The van der Waals surface area contributed by atoms with Gasteiger partial charge in [0.25, 0.3) is 0 Å². The molecule has 0 aromatic rings. The first-order chi connectivity index (χ1) is 14.3. The summed E-state index contributed by atoms with van der Waals surface area (Å²) in [4.78, 5) is 42.9. The fourth-order valence-corrected chi connectivity index (χ4v) is 4.64. The number of carbonyl (C=O) groups excluding carboxylic acids is 4. The molecule has 3 unspecified atom stereocenters. The zero-order valence-electron chi connectivity index (χ0n) is 19.2. The molecule has 0 amide bonds. The molecule has 172 valence electrons. The summed E-state index contributed by atoms with van der Waals surface area (Å²) in [6.45, 7) is 8.75. The molecule has 0 aromatic heterocycles. The number of thioether (sulfide) groups is 1. The molecule has 1 saturated carbocycles. The highest BCUT2D eigenvalue weighted by molar-refractivity contribution is 8.01. The van der Waals surface area contributed by atoms with E-state index in [4.69, 9.17) is 0 Å². The van der Waals surface area contributed by atoms with Crippen LogP contribution < -0.4 is 0 Å². The summed E-state index contributed by atoms with van der Waals surface area (Å²) in [7, 11) is 0. The number of hydrogen-bond donors (Lipinski definition) is 1. The molecule has 3 atom stereocenters. The van der Waals surface area contributed by atoms with Crippen molar-refractivity contribution < 1.29 is 19.2 Å². The Balaban J connectivity index is 0.000000471. The van der Waals surface area contributed by atoms with Gasteiger partial charge >= 0.3 is 0 Å². The zero-order valence-corrected chi connectivity index (χ0v) is 20.9. The second kappa shape index (κ2) is 17.8. The van der Waals surface area contributed by atoms with Crippen LogP contribution in [0, 0.1) is 0 Å². The maximum Gasteiger partial charge on any atom is 0.163 e. The van der Waals surface area contributed by atoms with Crippen molar-refractivity contribution >= 4 is 47.5 Å². The Morgan fingerprint density at radius 2 is 1.47 bits per heavy atom. The quantitative estimate of drug-likeness (QED) is 0.324. The second-order valence-corrected chi connectivity index (χ2v) is 10.1. The lowest BCUT2D eigenvalue weighted by Gasteiger charge is -2.17. The third-order valence-corrected chi connectivity index (χ3v) is 7.34. The van der Waals surface area contributed by atoms with Crippen molar-refractivity contribution in [1.82, 2.24) is 0 Å². The molecular formula is C24H40O4S2. The molecule has 4 nitrogen and oxygen atoms in total. The first kappa shape index (κ1) is 29.1. The van der Waals surface area contributed by atoms with E-state index >= 15 is 0 Å². The van der Waals surface area contributed by atoms with Crippen molar-refractivity contribution in [2.45, 2.75) is 114 Å². The molecule has 6 heteroatoms. The van der Waals surface area contributed by atoms with E-state index in [2.05, 4.69) is 40.3 Å². The number of Topliss-reactive ketones (excluding diaryl/α,β-unsaturated/α-hetero) is 2. The van der Waals surface area contributed by atoms with Crippen LogP contribution >= 0.6 is 24.4 Å². The SMILES string of the molecule is CCCCC(CC)SC1CC(=O)CC1=O.CCCCC(S)CC.O=C1C=CC(=O)C1. The average Bonchev–Trinajstić information content (AvgIpc) is 3.26. The van der Waals surface area contributed by atoms with E-state index in [9.17, 15) is 19.2 Å². The first-order valence-corrected chi connectivity index (χ1v) is 12.8. The predicted octanol–water partition coefficient (Wildman–Crippen LogP) is 5.96. The van der Waals surface area contributed by atoms with Crippen molar-refractivity contribution in [3.8, 4) is 0 Å². The third kappa shape index (κ3) is 14.2. The lowest BCUT2D eigenvalue weighted by atomic mass is 10.2. The van der Waals surface area contributed by atoms with Crippen molar-refractivity contribution in [2.24, 2.45) is 0 Å². The van der Waals surface area contributed by atoms with Gasteiger partial charge in [0.05, 0.1) is 18.1 Å². The highest BCUT2D eigenvalue weighted by atomic mass is 32.2. The number of allylic oxidation sites excluding steroid dienone is 2. The number of unbranched alkanes of at least 4 members (excludes halogenated alkanes) is 2. The molecule has 0 radical (unpaired) electrons. The summed E-state index contributed by atoms with van der Waals surface area (Å²) in [5.41, 5.74) is 0. The number of rotatable bonds is 10. The largest absolute Gasteiger partial charge is 0.299 e. The van der Waals surface area contributed by atoms with Gasteiger partial charge in [-0.25, -0.2) is 0 Å². The lowest BCUT2D eigenvalue weighted by molar-refractivity contribution is -0.122. The van der Waals surface area contributed by atoms with Gasteiger partial charge in [-0.3, -0.25) is 19.2 Å². The van der Waals surface area contributed by atoms with Crippen molar-refractivity contribution in [3.63, 3.8) is 0 Å². The van der Waals surface area contributed by atoms with Gasteiger partial charge in [-0.15, -0.1) is 11.8 Å². The molecule has 30 heavy (non-hydrogen) atoms. The number of thiol groups is 1. The summed E-state index contributed by atoms with van der Waals surface area (Å²) in [5, 5.41) is 1.18. The fraction of sp³-hybridized carbons (Fsp3) is 0.750. The van der Waals surface area contributed by atoms with Gasteiger partial charge in [-0.05, 0) is 37.8 Å². The van der Waals surface area contributed by atoms with Crippen LogP contribution in [0.3, 0.4) is 0 Å². The highest BCUT2D eigenvalue weighted by Crippen LogP contribution is 2.31. The van der Waals surface area contributed by atoms with Crippen molar-refractivity contribution in [3.05, 3.63) is 12.2 Å². The third-order valence-electron chi connectivity index (χ3n) is 5.00. The van der Waals surface area contributed by atoms with E-state index in [0.717, 1.165) is 6.42 Å². The van der Waals surface area contributed by atoms with Crippen LogP contribution in [-0.2, 0) is 19.2 Å². The molecule has 0 heterocycles. The van der Waals surface area contributed by atoms with E-state index < -0.39 is 0 Å². The Bertz CT molecular complexity index is 556. The van der Waals surface area contributed by atoms with Gasteiger partial charge in [0.1, 0.15) is 5.78 Å². The minimum atomic E-state index is -0.0787. The highest BCUT2D eigenvalue weighted by Gasteiger charge is 2.32. The molecule has 0 N–H and O–H groups in total. The Morgan fingerprint density at radius 3 is 1.83 bits per heavy atom. The lowest BCUT2D eigenvalue weighted by Crippen LogP contribution is -2.14. The summed E-state index contributed by atoms with van der Waals surface area (Å²) in [5.74, 6) is 0.123. The predicted molar refractivity (Wildman–Crippen MR) is 131 cm³/mol. The van der Waals surface area contributed by atoms with Gasteiger partial charge < -0.3 is 0 Å². The molecule has 0 spiro atoms.